The van der Waals surface area contributed by atoms with Crippen molar-refractivity contribution in [2.24, 2.45) is 5.73 Å². The molecule has 142 valence electrons. The minimum Gasteiger partial charge on any atom is -0.370 e. The van der Waals surface area contributed by atoms with Crippen LogP contribution in [0.25, 0.3) is 16.6 Å². The number of hydrogen-bond acceptors (Lipinski definition) is 4. The SMILES string of the molecule is C=C(C)N1CCN(C(=C)c2ccc3c(Cl)c4c(nc3c2)CCCC4)C(N)C1. The molecule has 0 amide bonds. The topological polar surface area (TPSA) is 45.4 Å². The Bertz CT molecular complexity index is 920. The van der Waals surface area contributed by atoms with E-state index >= 15 is 0 Å². The van der Waals surface area contributed by atoms with Gasteiger partial charge in [0.1, 0.15) is 0 Å². The summed E-state index contributed by atoms with van der Waals surface area (Å²) in [4.78, 5) is 9.33. The van der Waals surface area contributed by atoms with Crippen LogP contribution in [-0.4, -0.2) is 40.6 Å². The lowest BCUT2D eigenvalue weighted by Crippen LogP contribution is -2.55. The zero-order valence-corrected chi connectivity index (χ0v) is 16.7. The third kappa shape index (κ3) is 3.32. The van der Waals surface area contributed by atoms with Crippen molar-refractivity contribution < 1.29 is 0 Å². The Morgan fingerprint density at radius 3 is 2.74 bits per heavy atom. The first kappa shape index (κ1) is 18.3. The van der Waals surface area contributed by atoms with Crippen LogP contribution in [0.3, 0.4) is 0 Å². The number of pyridine rings is 1. The van der Waals surface area contributed by atoms with E-state index in [1.165, 1.54) is 18.4 Å². The van der Waals surface area contributed by atoms with E-state index in [-0.39, 0.29) is 6.17 Å². The molecule has 0 spiro atoms. The third-order valence-electron chi connectivity index (χ3n) is 5.83. The van der Waals surface area contributed by atoms with Gasteiger partial charge in [0.2, 0.25) is 0 Å². The van der Waals surface area contributed by atoms with Gasteiger partial charge in [-0.3, -0.25) is 4.98 Å². The van der Waals surface area contributed by atoms with Crippen molar-refractivity contribution in [2.45, 2.75) is 38.8 Å². The smallest absolute Gasteiger partial charge is 0.0949 e. The lowest BCUT2D eigenvalue weighted by atomic mass is 9.94. The number of nitrogens with zero attached hydrogens (tertiary/aromatic N) is 3. The Labute approximate surface area is 166 Å². The number of aryl methyl sites for hydroxylation is 1. The van der Waals surface area contributed by atoms with E-state index in [9.17, 15) is 0 Å². The molecule has 0 radical (unpaired) electrons. The molecule has 1 aromatic heterocycles. The Morgan fingerprint density at radius 2 is 2.00 bits per heavy atom. The van der Waals surface area contributed by atoms with Gasteiger partial charge in [0.15, 0.2) is 0 Å². The van der Waals surface area contributed by atoms with Gasteiger partial charge in [0.25, 0.3) is 0 Å². The summed E-state index contributed by atoms with van der Waals surface area (Å²) in [6.45, 7) is 12.9. The van der Waals surface area contributed by atoms with Gasteiger partial charge in [-0.25, -0.2) is 0 Å². The first-order chi connectivity index (χ1) is 13.0. The molecule has 2 N–H and O–H groups in total. The highest BCUT2D eigenvalue weighted by molar-refractivity contribution is 6.36. The monoisotopic (exact) mass is 382 g/mol. The summed E-state index contributed by atoms with van der Waals surface area (Å²) < 4.78 is 0. The predicted octanol–water partition coefficient (Wildman–Crippen LogP) is 4.17. The zero-order valence-electron chi connectivity index (χ0n) is 16.0. The highest BCUT2D eigenvalue weighted by Crippen LogP contribution is 2.34. The maximum Gasteiger partial charge on any atom is 0.0949 e. The van der Waals surface area contributed by atoms with Crippen LogP contribution in [0.5, 0.6) is 0 Å². The van der Waals surface area contributed by atoms with Gasteiger partial charge in [-0.15, -0.1) is 0 Å². The molecule has 2 aliphatic rings. The van der Waals surface area contributed by atoms with E-state index in [2.05, 4.69) is 41.2 Å². The standard InChI is InChI=1S/C22H27ClN4/c1-14(2)26-10-11-27(21(24)13-26)15(3)16-8-9-18-20(12-16)25-19-7-5-4-6-17(19)22(18)23/h8-9,12,21H,1,3-7,10-11,13,24H2,2H3. The average Bonchev–Trinajstić information content (AvgIpc) is 2.67. The van der Waals surface area contributed by atoms with Gasteiger partial charge < -0.3 is 15.5 Å². The number of halogens is 1. The van der Waals surface area contributed by atoms with Crippen molar-refractivity contribution in [1.29, 1.82) is 0 Å². The molecule has 0 saturated carbocycles. The number of fused-ring (bicyclic) bond motifs is 2. The Kier molecular flexibility index (Phi) is 4.87. The molecule has 4 nitrogen and oxygen atoms in total. The second kappa shape index (κ2) is 7.17. The predicted molar refractivity (Wildman–Crippen MR) is 113 cm³/mol. The Morgan fingerprint density at radius 1 is 1.22 bits per heavy atom. The summed E-state index contributed by atoms with van der Waals surface area (Å²) in [6.07, 6.45) is 4.34. The molecular weight excluding hydrogens is 356 g/mol. The normalized spacial score (nSPS) is 19.9. The average molecular weight is 383 g/mol. The van der Waals surface area contributed by atoms with E-state index < -0.39 is 0 Å². The maximum atomic E-state index is 6.70. The van der Waals surface area contributed by atoms with Crippen molar-refractivity contribution in [3.8, 4) is 0 Å². The third-order valence-corrected chi connectivity index (χ3v) is 6.26. The molecule has 1 unspecified atom stereocenters. The quantitative estimate of drug-likeness (QED) is 0.865. The molecule has 1 atom stereocenters. The molecule has 1 fully saturated rings. The van der Waals surface area contributed by atoms with Crippen LogP contribution < -0.4 is 5.73 Å². The molecule has 2 aromatic rings. The van der Waals surface area contributed by atoms with Gasteiger partial charge in [-0.05, 0) is 49.8 Å². The largest absolute Gasteiger partial charge is 0.370 e. The van der Waals surface area contributed by atoms with Gasteiger partial charge in [-0.2, -0.15) is 0 Å². The summed E-state index contributed by atoms with van der Waals surface area (Å²) >= 11 is 6.70. The van der Waals surface area contributed by atoms with Gasteiger partial charge in [0, 0.05) is 35.6 Å². The van der Waals surface area contributed by atoms with E-state index in [1.54, 1.807) is 0 Å². The minimum atomic E-state index is -0.0984. The summed E-state index contributed by atoms with van der Waals surface area (Å²) in [5, 5.41) is 1.91. The summed E-state index contributed by atoms with van der Waals surface area (Å²) in [5.41, 5.74) is 12.8. The van der Waals surface area contributed by atoms with Crippen molar-refractivity contribution in [2.75, 3.05) is 19.6 Å². The van der Waals surface area contributed by atoms with Gasteiger partial charge >= 0.3 is 0 Å². The lowest BCUT2D eigenvalue weighted by molar-refractivity contribution is 0.152. The fourth-order valence-corrected chi connectivity index (χ4v) is 4.57. The van der Waals surface area contributed by atoms with E-state index in [0.717, 1.165) is 71.1 Å². The Balaban J connectivity index is 1.64. The first-order valence-corrected chi connectivity index (χ1v) is 10.1. The second-order valence-electron chi connectivity index (χ2n) is 7.68. The van der Waals surface area contributed by atoms with Crippen LogP contribution >= 0.6 is 11.6 Å². The summed E-state index contributed by atoms with van der Waals surface area (Å²) in [7, 11) is 0. The van der Waals surface area contributed by atoms with Crippen molar-refractivity contribution in [1.82, 2.24) is 14.8 Å². The first-order valence-electron chi connectivity index (χ1n) is 9.68. The minimum absolute atomic E-state index is 0.0984. The number of aromatic nitrogens is 1. The number of allylic oxidation sites excluding steroid dienone is 1. The summed E-state index contributed by atoms with van der Waals surface area (Å²) in [5.74, 6) is 0. The zero-order chi connectivity index (χ0) is 19.1. The molecular formula is C22H27ClN4. The maximum absolute atomic E-state index is 6.70. The second-order valence-corrected chi connectivity index (χ2v) is 8.06. The molecule has 0 bridgehead atoms. The highest BCUT2D eigenvalue weighted by Gasteiger charge is 2.25. The van der Waals surface area contributed by atoms with Crippen molar-refractivity contribution in [3.63, 3.8) is 0 Å². The van der Waals surface area contributed by atoms with Crippen LogP contribution in [0.1, 0.15) is 36.6 Å². The highest BCUT2D eigenvalue weighted by atomic mass is 35.5. The number of rotatable bonds is 3. The van der Waals surface area contributed by atoms with E-state index in [1.807, 2.05) is 6.92 Å². The number of nitrogens with two attached hydrogens (primary N) is 1. The van der Waals surface area contributed by atoms with Crippen molar-refractivity contribution >= 4 is 28.2 Å². The molecule has 2 heterocycles. The fraction of sp³-hybridized carbons (Fsp3) is 0.409. The van der Waals surface area contributed by atoms with Crippen LogP contribution in [0.15, 0.2) is 37.1 Å². The molecule has 4 rings (SSSR count). The lowest BCUT2D eigenvalue weighted by Gasteiger charge is -2.42. The van der Waals surface area contributed by atoms with E-state index in [4.69, 9.17) is 22.3 Å². The molecule has 1 saturated heterocycles. The Hall–Kier alpha value is -2.04. The van der Waals surface area contributed by atoms with Crippen LogP contribution in [0.4, 0.5) is 0 Å². The number of benzene rings is 1. The van der Waals surface area contributed by atoms with Crippen LogP contribution in [0, 0.1) is 0 Å². The molecule has 27 heavy (non-hydrogen) atoms. The van der Waals surface area contributed by atoms with Crippen LogP contribution in [-0.2, 0) is 12.8 Å². The van der Waals surface area contributed by atoms with Crippen molar-refractivity contribution in [3.05, 3.63) is 58.9 Å². The number of piperazine rings is 1. The number of hydrogen-bond donors (Lipinski definition) is 1. The molecule has 1 aromatic carbocycles. The fourth-order valence-electron chi connectivity index (χ4n) is 4.20. The molecule has 1 aliphatic heterocycles. The van der Waals surface area contributed by atoms with Crippen LogP contribution in [0.2, 0.25) is 5.02 Å². The van der Waals surface area contributed by atoms with Gasteiger partial charge in [0.05, 0.1) is 23.2 Å². The molecule has 1 aliphatic carbocycles. The molecule has 5 heteroatoms. The van der Waals surface area contributed by atoms with E-state index in [0.29, 0.717) is 0 Å². The van der Waals surface area contributed by atoms with Gasteiger partial charge in [-0.1, -0.05) is 36.9 Å². The summed E-state index contributed by atoms with van der Waals surface area (Å²) in [6, 6.07) is 6.28.